The van der Waals surface area contributed by atoms with E-state index in [-0.39, 0.29) is 5.43 Å². The smallest absolute Gasteiger partial charge is 0.362 e. The third kappa shape index (κ3) is 3.47. The molecule has 2 heterocycles. The van der Waals surface area contributed by atoms with Gasteiger partial charge in [-0.2, -0.15) is 13.2 Å². The average molecular weight is 344 g/mol. The first-order valence-electron chi connectivity index (χ1n) is 7.60. The highest BCUT2D eigenvalue weighted by atomic mass is 19.4. The second-order valence-corrected chi connectivity index (χ2v) is 5.82. The van der Waals surface area contributed by atoms with Gasteiger partial charge in [-0.3, -0.25) is 9.78 Å². The number of alkyl halides is 3. The van der Waals surface area contributed by atoms with E-state index in [1.165, 1.54) is 18.2 Å². The molecule has 25 heavy (non-hydrogen) atoms. The van der Waals surface area contributed by atoms with E-state index in [0.717, 1.165) is 23.5 Å². The Balaban J connectivity index is 1.95. The predicted molar refractivity (Wildman–Crippen MR) is 90.2 cm³/mol. The number of H-pyrrole nitrogens is 1. The highest BCUT2D eigenvalue weighted by Crippen LogP contribution is 2.31. The van der Waals surface area contributed by atoms with E-state index >= 15 is 0 Å². The van der Waals surface area contributed by atoms with E-state index in [4.69, 9.17) is 0 Å². The fourth-order valence-corrected chi connectivity index (χ4v) is 2.75. The second-order valence-electron chi connectivity index (χ2n) is 5.82. The van der Waals surface area contributed by atoms with E-state index in [1.54, 1.807) is 18.3 Å². The van der Waals surface area contributed by atoms with E-state index in [2.05, 4.69) is 9.97 Å². The fourth-order valence-electron chi connectivity index (χ4n) is 2.75. The SMILES string of the molecule is Cc1cc(=O)c(-c2ccc(-c3ccc(C(F)(F)F)cc3)nc2)c(C)[nH]1. The number of nitrogens with zero attached hydrogens (tertiary/aromatic N) is 1. The van der Waals surface area contributed by atoms with Crippen molar-refractivity contribution in [1.29, 1.82) is 0 Å². The van der Waals surface area contributed by atoms with Crippen LogP contribution in [0.4, 0.5) is 13.2 Å². The van der Waals surface area contributed by atoms with Gasteiger partial charge in [0, 0.05) is 40.3 Å². The molecule has 0 aliphatic heterocycles. The van der Waals surface area contributed by atoms with Crippen LogP contribution < -0.4 is 5.43 Å². The van der Waals surface area contributed by atoms with Crippen molar-refractivity contribution in [2.45, 2.75) is 20.0 Å². The quantitative estimate of drug-likeness (QED) is 0.730. The summed E-state index contributed by atoms with van der Waals surface area (Å²) in [6.45, 7) is 3.62. The van der Waals surface area contributed by atoms with Crippen molar-refractivity contribution in [2.24, 2.45) is 0 Å². The maximum Gasteiger partial charge on any atom is 0.416 e. The molecule has 0 atom stereocenters. The van der Waals surface area contributed by atoms with Crippen molar-refractivity contribution < 1.29 is 13.2 Å². The van der Waals surface area contributed by atoms with Crippen molar-refractivity contribution in [2.75, 3.05) is 0 Å². The maximum absolute atomic E-state index is 12.6. The Hall–Kier alpha value is -2.89. The summed E-state index contributed by atoms with van der Waals surface area (Å²) in [6.07, 6.45) is -2.81. The van der Waals surface area contributed by atoms with Crippen LogP contribution in [0.5, 0.6) is 0 Å². The zero-order valence-corrected chi connectivity index (χ0v) is 13.6. The molecule has 0 bridgehead atoms. The first kappa shape index (κ1) is 17.0. The summed E-state index contributed by atoms with van der Waals surface area (Å²) in [5.41, 5.74) is 3.04. The number of benzene rings is 1. The second kappa shape index (κ2) is 6.20. The molecular weight excluding hydrogens is 329 g/mol. The molecule has 1 aromatic carbocycles. The molecular formula is C19H15F3N2O. The van der Waals surface area contributed by atoms with Crippen LogP contribution in [-0.4, -0.2) is 9.97 Å². The molecule has 3 nitrogen and oxygen atoms in total. The van der Waals surface area contributed by atoms with Crippen molar-refractivity contribution in [3.05, 3.63) is 75.8 Å². The van der Waals surface area contributed by atoms with Gasteiger partial charge in [-0.1, -0.05) is 18.2 Å². The molecule has 0 aliphatic carbocycles. The Labute approximate surface area is 142 Å². The summed E-state index contributed by atoms with van der Waals surface area (Å²) in [4.78, 5) is 19.6. The third-order valence-electron chi connectivity index (χ3n) is 3.91. The standard InChI is InChI=1S/C19H15F3N2O/c1-11-9-17(25)18(12(2)24-11)14-5-8-16(23-10-14)13-3-6-15(7-4-13)19(20,21)22/h3-10H,1-2H3,(H,24,25). The number of halogens is 3. The summed E-state index contributed by atoms with van der Waals surface area (Å²) in [7, 11) is 0. The lowest BCUT2D eigenvalue weighted by atomic mass is 10.0. The number of aromatic nitrogens is 2. The lowest BCUT2D eigenvalue weighted by Crippen LogP contribution is -2.08. The molecule has 0 fully saturated rings. The molecule has 1 N–H and O–H groups in total. The van der Waals surface area contributed by atoms with Gasteiger partial charge < -0.3 is 4.98 Å². The number of hydrogen-bond donors (Lipinski definition) is 1. The van der Waals surface area contributed by atoms with Crippen LogP contribution in [0.3, 0.4) is 0 Å². The molecule has 0 amide bonds. The van der Waals surface area contributed by atoms with Gasteiger partial charge in [-0.05, 0) is 32.0 Å². The van der Waals surface area contributed by atoms with Gasteiger partial charge in [-0.25, -0.2) is 0 Å². The Morgan fingerprint density at radius 3 is 2.12 bits per heavy atom. The molecule has 2 aromatic heterocycles. The summed E-state index contributed by atoms with van der Waals surface area (Å²) >= 11 is 0. The first-order chi connectivity index (χ1) is 11.8. The molecule has 0 unspecified atom stereocenters. The zero-order chi connectivity index (χ0) is 18.2. The molecule has 0 saturated carbocycles. The Morgan fingerprint density at radius 2 is 1.60 bits per heavy atom. The van der Waals surface area contributed by atoms with E-state index in [9.17, 15) is 18.0 Å². The van der Waals surface area contributed by atoms with Crippen LogP contribution >= 0.6 is 0 Å². The molecule has 3 rings (SSSR count). The van der Waals surface area contributed by atoms with Crippen molar-refractivity contribution in [1.82, 2.24) is 9.97 Å². The number of aromatic amines is 1. The Morgan fingerprint density at radius 1 is 0.960 bits per heavy atom. The Kier molecular flexibility index (Phi) is 4.20. The van der Waals surface area contributed by atoms with Crippen LogP contribution in [0.1, 0.15) is 17.0 Å². The fraction of sp³-hybridized carbons (Fsp3) is 0.158. The number of rotatable bonds is 2. The van der Waals surface area contributed by atoms with Gasteiger partial charge in [-0.15, -0.1) is 0 Å². The zero-order valence-electron chi connectivity index (χ0n) is 13.6. The molecule has 0 spiro atoms. The van der Waals surface area contributed by atoms with Crippen molar-refractivity contribution >= 4 is 0 Å². The Bertz CT molecular complexity index is 956. The van der Waals surface area contributed by atoms with E-state index in [1.807, 2.05) is 13.8 Å². The number of nitrogens with one attached hydrogen (secondary N) is 1. The predicted octanol–water partition coefficient (Wildman–Crippen LogP) is 4.74. The molecule has 128 valence electrons. The van der Waals surface area contributed by atoms with Crippen LogP contribution in [0, 0.1) is 13.8 Å². The van der Waals surface area contributed by atoms with Crippen molar-refractivity contribution in [3.8, 4) is 22.4 Å². The average Bonchev–Trinajstić information content (AvgIpc) is 2.54. The van der Waals surface area contributed by atoms with E-state index < -0.39 is 11.7 Å². The van der Waals surface area contributed by atoms with Gasteiger partial charge in [0.1, 0.15) is 0 Å². The summed E-state index contributed by atoms with van der Waals surface area (Å²) in [5.74, 6) is 0. The lowest BCUT2D eigenvalue weighted by Gasteiger charge is -2.09. The minimum absolute atomic E-state index is 0.0992. The number of hydrogen-bond acceptors (Lipinski definition) is 2. The minimum atomic E-state index is -4.36. The van der Waals surface area contributed by atoms with Crippen LogP contribution in [0.25, 0.3) is 22.4 Å². The lowest BCUT2D eigenvalue weighted by molar-refractivity contribution is -0.137. The minimum Gasteiger partial charge on any atom is -0.362 e. The van der Waals surface area contributed by atoms with E-state index in [0.29, 0.717) is 22.4 Å². The summed E-state index contributed by atoms with van der Waals surface area (Å²) < 4.78 is 37.9. The largest absolute Gasteiger partial charge is 0.416 e. The van der Waals surface area contributed by atoms with Gasteiger partial charge in [0.15, 0.2) is 5.43 Å². The number of aryl methyl sites for hydroxylation is 2. The monoisotopic (exact) mass is 344 g/mol. The highest BCUT2D eigenvalue weighted by Gasteiger charge is 2.30. The topological polar surface area (TPSA) is 45.8 Å². The van der Waals surface area contributed by atoms with Crippen molar-refractivity contribution in [3.63, 3.8) is 0 Å². The van der Waals surface area contributed by atoms with Crippen LogP contribution in [-0.2, 0) is 6.18 Å². The molecule has 3 aromatic rings. The number of pyridine rings is 2. The van der Waals surface area contributed by atoms with Gasteiger partial charge in [0.25, 0.3) is 0 Å². The van der Waals surface area contributed by atoms with Gasteiger partial charge in [0.05, 0.1) is 11.3 Å². The van der Waals surface area contributed by atoms with Crippen LogP contribution in [0.15, 0.2) is 53.5 Å². The molecule has 0 aliphatic rings. The summed E-state index contributed by atoms with van der Waals surface area (Å²) in [5, 5.41) is 0. The third-order valence-corrected chi connectivity index (χ3v) is 3.91. The normalized spacial score (nSPS) is 11.6. The molecule has 6 heteroatoms. The molecule has 0 radical (unpaired) electrons. The van der Waals surface area contributed by atoms with Gasteiger partial charge >= 0.3 is 6.18 Å². The van der Waals surface area contributed by atoms with Crippen LogP contribution in [0.2, 0.25) is 0 Å². The first-order valence-corrected chi connectivity index (χ1v) is 7.60. The maximum atomic E-state index is 12.6. The molecule has 0 saturated heterocycles. The van der Waals surface area contributed by atoms with Gasteiger partial charge in [0.2, 0.25) is 0 Å². The summed E-state index contributed by atoms with van der Waals surface area (Å²) in [6, 6.07) is 9.78. The highest BCUT2D eigenvalue weighted by molar-refractivity contribution is 5.68.